The maximum Gasteiger partial charge on any atom is 0.0860 e. The molecule has 1 fully saturated rings. The SMILES string of the molecule is CCn1nc(C)c(Cl)c1CN(C)C1CCC(NC)CC1. The molecule has 0 radical (unpaired) electrons. The fourth-order valence-corrected chi connectivity index (χ4v) is 3.39. The van der Waals surface area contributed by atoms with Crippen LogP contribution < -0.4 is 5.32 Å². The molecule has 0 spiro atoms. The van der Waals surface area contributed by atoms with E-state index in [1.165, 1.54) is 25.7 Å². The zero-order chi connectivity index (χ0) is 14.7. The van der Waals surface area contributed by atoms with Crippen molar-refractivity contribution in [2.45, 2.75) is 64.7 Å². The Bertz CT molecular complexity index is 435. The molecule has 5 heteroatoms. The molecule has 0 bridgehead atoms. The van der Waals surface area contributed by atoms with Gasteiger partial charge in [-0.2, -0.15) is 5.10 Å². The molecule has 4 nitrogen and oxygen atoms in total. The summed E-state index contributed by atoms with van der Waals surface area (Å²) in [5, 5.41) is 8.73. The first kappa shape index (κ1) is 15.8. The summed E-state index contributed by atoms with van der Waals surface area (Å²) in [6.45, 7) is 5.87. The van der Waals surface area contributed by atoms with Gasteiger partial charge in [-0.15, -0.1) is 0 Å². The van der Waals surface area contributed by atoms with Gasteiger partial charge in [0.05, 0.1) is 16.4 Å². The summed E-state index contributed by atoms with van der Waals surface area (Å²) in [6.07, 6.45) is 5.06. The summed E-state index contributed by atoms with van der Waals surface area (Å²) in [4.78, 5) is 2.44. The van der Waals surface area contributed by atoms with Crippen LogP contribution in [-0.4, -0.2) is 40.9 Å². The summed E-state index contributed by atoms with van der Waals surface area (Å²) < 4.78 is 2.04. The Morgan fingerprint density at radius 3 is 2.55 bits per heavy atom. The number of aromatic nitrogens is 2. The van der Waals surface area contributed by atoms with Crippen molar-refractivity contribution in [3.63, 3.8) is 0 Å². The van der Waals surface area contributed by atoms with E-state index in [4.69, 9.17) is 11.6 Å². The number of aryl methyl sites for hydroxylation is 2. The van der Waals surface area contributed by atoms with Crippen molar-refractivity contribution >= 4 is 11.6 Å². The van der Waals surface area contributed by atoms with Gasteiger partial charge in [0.25, 0.3) is 0 Å². The standard InChI is InChI=1S/C15H27ClN4/c1-5-20-14(15(16)11(2)18-20)10-19(4)13-8-6-12(17-3)7-9-13/h12-13,17H,5-10H2,1-4H3. The molecule has 0 aromatic carbocycles. The second-order valence-corrected chi connectivity index (χ2v) is 6.25. The van der Waals surface area contributed by atoms with Crippen LogP contribution in [-0.2, 0) is 13.1 Å². The van der Waals surface area contributed by atoms with Crippen molar-refractivity contribution < 1.29 is 0 Å². The Labute approximate surface area is 127 Å². The van der Waals surface area contributed by atoms with Gasteiger partial charge < -0.3 is 5.32 Å². The fraction of sp³-hybridized carbons (Fsp3) is 0.800. The molecule has 0 amide bonds. The maximum atomic E-state index is 6.40. The van der Waals surface area contributed by atoms with Crippen LogP contribution in [0.15, 0.2) is 0 Å². The summed E-state index contributed by atoms with van der Waals surface area (Å²) in [7, 11) is 4.28. The molecule has 1 saturated carbocycles. The minimum atomic E-state index is 0.663. The molecule has 1 aromatic rings. The third-order valence-corrected chi connectivity index (χ3v) is 5.07. The number of rotatable bonds is 5. The Kier molecular flexibility index (Phi) is 5.47. The second-order valence-electron chi connectivity index (χ2n) is 5.87. The zero-order valence-corrected chi connectivity index (χ0v) is 13.9. The van der Waals surface area contributed by atoms with Gasteiger partial charge in [-0.05, 0) is 53.6 Å². The van der Waals surface area contributed by atoms with Gasteiger partial charge in [0.1, 0.15) is 0 Å². The fourth-order valence-electron chi connectivity index (χ4n) is 3.19. The van der Waals surface area contributed by atoms with Gasteiger partial charge in [-0.1, -0.05) is 11.6 Å². The van der Waals surface area contributed by atoms with Gasteiger partial charge in [0.2, 0.25) is 0 Å². The first-order valence-corrected chi connectivity index (χ1v) is 8.03. The van der Waals surface area contributed by atoms with E-state index in [9.17, 15) is 0 Å². The van der Waals surface area contributed by atoms with E-state index >= 15 is 0 Å². The number of nitrogens with zero attached hydrogens (tertiary/aromatic N) is 3. The normalized spacial score (nSPS) is 23.5. The van der Waals surface area contributed by atoms with Gasteiger partial charge in [0.15, 0.2) is 0 Å². The van der Waals surface area contributed by atoms with E-state index < -0.39 is 0 Å². The second kappa shape index (κ2) is 6.92. The van der Waals surface area contributed by atoms with Crippen LogP contribution in [0, 0.1) is 6.92 Å². The van der Waals surface area contributed by atoms with Crippen molar-refractivity contribution in [1.82, 2.24) is 20.0 Å². The molecule has 114 valence electrons. The van der Waals surface area contributed by atoms with Crippen molar-refractivity contribution in [1.29, 1.82) is 0 Å². The predicted molar refractivity (Wildman–Crippen MR) is 84.2 cm³/mol. The molecule has 1 aromatic heterocycles. The highest BCUT2D eigenvalue weighted by Crippen LogP contribution is 2.26. The van der Waals surface area contributed by atoms with Gasteiger partial charge in [-0.3, -0.25) is 9.58 Å². The van der Waals surface area contributed by atoms with Crippen LogP contribution in [0.2, 0.25) is 5.02 Å². The third-order valence-electron chi connectivity index (χ3n) is 4.58. The molecule has 1 aliphatic rings. The Balaban J connectivity index is 2.00. The molecule has 20 heavy (non-hydrogen) atoms. The van der Waals surface area contributed by atoms with Crippen molar-refractivity contribution in [2.24, 2.45) is 0 Å². The molecule has 2 rings (SSSR count). The van der Waals surface area contributed by atoms with E-state index in [1.807, 2.05) is 11.6 Å². The third kappa shape index (κ3) is 3.35. The molecule has 1 aliphatic carbocycles. The molecule has 0 aliphatic heterocycles. The highest BCUT2D eigenvalue weighted by Gasteiger charge is 2.24. The van der Waals surface area contributed by atoms with Crippen molar-refractivity contribution in [3.05, 3.63) is 16.4 Å². The first-order valence-electron chi connectivity index (χ1n) is 7.66. The quantitative estimate of drug-likeness (QED) is 0.907. The topological polar surface area (TPSA) is 33.1 Å². The largest absolute Gasteiger partial charge is 0.317 e. The van der Waals surface area contributed by atoms with E-state index in [2.05, 4.69) is 36.3 Å². The molecule has 1 heterocycles. The Hall–Kier alpha value is -0.580. The maximum absolute atomic E-state index is 6.40. The average molecular weight is 299 g/mol. The minimum absolute atomic E-state index is 0.663. The lowest BCUT2D eigenvalue weighted by molar-refractivity contribution is 0.166. The van der Waals surface area contributed by atoms with Gasteiger partial charge >= 0.3 is 0 Å². The highest BCUT2D eigenvalue weighted by atomic mass is 35.5. The monoisotopic (exact) mass is 298 g/mol. The zero-order valence-electron chi connectivity index (χ0n) is 13.1. The predicted octanol–water partition coefficient (Wildman–Crippen LogP) is 2.83. The lowest BCUT2D eigenvalue weighted by Gasteiger charge is -2.34. The van der Waals surface area contributed by atoms with Crippen molar-refractivity contribution in [3.8, 4) is 0 Å². The number of nitrogens with one attached hydrogen (secondary N) is 1. The van der Waals surface area contributed by atoms with Gasteiger partial charge in [-0.25, -0.2) is 0 Å². The number of hydrogen-bond donors (Lipinski definition) is 1. The van der Waals surface area contributed by atoms with E-state index in [-0.39, 0.29) is 0 Å². The summed E-state index contributed by atoms with van der Waals surface area (Å²) in [5.41, 5.74) is 2.10. The van der Waals surface area contributed by atoms with E-state index in [0.29, 0.717) is 12.1 Å². The summed E-state index contributed by atoms with van der Waals surface area (Å²) in [6, 6.07) is 1.36. The summed E-state index contributed by atoms with van der Waals surface area (Å²) in [5.74, 6) is 0. The Morgan fingerprint density at radius 1 is 1.35 bits per heavy atom. The van der Waals surface area contributed by atoms with Crippen LogP contribution in [0.4, 0.5) is 0 Å². The van der Waals surface area contributed by atoms with E-state index in [1.54, 1.807) is 0 Å². The number of halogens is 1. The van der Waals surface area contributed by atoms with Crippen LogP contribution in [0.5, 0.6) is 0 Å². The van der Waals surface area contributed by atoms with E-state index in [0.717, 1.165) is 29.5 Å². The molecule has 1 N–H and O–H groups in total. The van der Waals surface area contributed by atoms with Crippen molar-refractivity contribution in [2.75, 3.05) is 14.1 Å². The molecular formula is C15H27ClN4. The smallest absolute Gasteiger partial charge is 0.0860 e. The van der Waals surface area contributed by atoms with Crippen LogP contribution in [0.1, 0.15) is 44.0 Å². The highest BCUT2D eigenvalue weighted by molar-refractivity contribution is 6.31. The van der Waals surface area contributed by atoms with Crippen LogP contribution in [0.3, 0.4) is 0 Å². The molecule has 0 atom stereocenters. The van der Waals surface area contributed by atoms with Crippen LogP contribution >= 0.6 is 11.6 Å². The number of hydrogen-bond acceptors (Lipinski definition) is 3. The minimum Gasteiger partial charge on any atom is -0.317 e. The van der Waals surface area contributed by atoms with Gasteiger partial charge in [0, 0.05) is 25.2 Å². The molecular weight excluding hydrogens is 272 g/mol. The average Bonchev–Trinajstić information content (AvgIpc) is 2.75. The molecule has 0 saturated heterocycles. The summed E-state index contributed by atoms with van der Waals surface area (Å²) >= 11 is 6.40. The lowest BCUT2D eigenvalue weighted by Crippen LogP contribution is -2.39. The van der Waals surface area contributed by atoms with Crippen LogP contribution in [0.25, 0.3) is 0 Å². The Morgan fingerprint density at radius 2 is 2.00 bits per heavy atom. The molecule has 0 unspecified atom stereocenters. The lowest BCUT2D eigenvalue weighted by atomic mass is 9.90. The first-order chi connectivity index (χ1) is 9.56.